The summed E-state index contributed by atoms with van der Waals surface area (Å²) in [5.41, 5.74) is 3.35. The first kappa shape index (κ1) is 19.4. The Labute approximate surface area is 181 Å². The highest BCUT2D eigenvalue weighted by molar-refractivity contribution is 6.32. The summed E-state index contributed by atoms with van der Waals surface area (Å²) in [5, 5.41) is 8.72. The normalized spacial score (nSPS) is 13.3. The van der Waals surface area contributed by atoms with Crippen molar-refractivity contribution in [2.45, 2.75) is 13.0 Å². The Kier molecular flexibility index (Phi) is 4.74. The van der Waals surface area contributed by atoms with E-state index >= 15 is 0 Å². The van der Waals surface area contributed by atoms with Crippen molar-refractivity contribution in [1.29, 1.82) is 0 Å². The van der Waals surface area contributed by atoms with E-state index in [4.69, 9.17) is 16.1 Å². The summed E-state index contributed by atoms with van der Waals surface area (Å²) in [7, 11) is 1.84. The van der Waals surface area contributed by atoms with Crippen LogP contribution in [0.5, 0.6) is 0 Å². The maximum atomic E-state index is 13.2. The number of rotatable bonds is 3. The zero-order valence-corrected chi connectivity index (χ0v) is 17.2. The number of hydrogen-bond acceptors (Lipinski definition) is 6. The van der Waals surface area contributed by atoms with Crippen molar-refractivity contribution < 1.29 is 13.7 Å². The quantitative estimate of drug-likeness (QED) is 0.454. The second kappa shape index (κ2) is 7.59. The molecule has 5 rings (SSSR count). The number of halogens is 2. The van der Waals surface area contributed by atoms with Crippen molar-refractivity contribution in [3.8, 4) is 23.0 Å². The van der Waals surface area contributed by atoms with Crippen LogP contribution in [-0.4, -0.2) is 42.3 Å². The fourth-order valence-corrected chi connectivity index (χ4v) is 3.89. The van der Waals surface area contributed by atoms with Crippen LogP contribution >= 0.6 is 11.6 Å². The maximum absolute atomic E-state index is 13.2. The Morgan fingerprint density at radius 2 is 2.03 bits per heavy atom. The van der Waals surface area contributed by atoms with E-state index in [1.54, 1.807) is 40.0 Å². The monoisotopic (exact) mass is 438 g/mol. The molecule has 1 amide bonds. The van der Waals surface area contributed by atoms with Crippen LogP contribution in [0.1, 0.15) is 21.6 Å². The molecule has 0 aliphatic carbocycles. The molecule has 0 atom stereocenters. The average molecular weight is 439 g/mol. The van der Waals surface area contributed by atoms with Crippen molar-refractivity contribution in [3.05, 3.63) is 70.4 Å². The summed E-state index contributed by atoms with van der Waals surface area (Å²) in [5.74, 6) is 0.0333. The molecule has 31 heavy (non-hydrogen) atoms. The molecule has 1 aromatic carbocycles. The molecule has 4 aromatic rings. The summed E-state index contributed by atoms with van der Waals surface area (Å²) < 4.78 is 20.4. The van der Waals surface area contributed by atoms with Gasteiger partial charge in [0.2, 0.25) is 5.82 Å². The lowest BCUT2D eigenvalue weighted by molar-refractivity contribution is 0.0733. The van der Waals surface area contributed by atoms with Crippen LogP contribution in [0.3, 0.4) is 0 Å². The lowest BCUT2D eigenvalue weighted by Crippen LogP contribution is -2.36. The largest absolute Gasteiger partial charge is 0.334 e. The average Bonchev–Trinajstić information content (AvgIpc) is 3.39. The van der Waals surface area contributed by atoms with Gasteiger partial charge in [0.25, 0.3) is 11.8 Å². The number of amides is 1. The Balaban J connectivity index is 1.47. The molecule has 4 heterocycles. The van der Waals surface area contributed by atoms with E-state index in [-0.39, 0.29) is 22.8 Å². The molecule has 10 heteroatoms. The van der Waals surface area contributed by atoms with Crippen LogP contribution in [-0.2, 0) is 20.0 Å². The van der Waals surface area contributed by atoms with Gasteiger partial charge in [-0.1, -0.05) is 16.8 Å². The van der Waals surface area contributed by atoms with Crippen LogP contribution in [0.2, 0.25) is 5.15 Å². The molecule has 0 bridgehead atoms. The van der Waals surface area contributed by atoms with Gasteiger partial charge in [-0.15, -0.1) is 0 Å². The SMILES string of the molecule is Cn1nc(-c2nc(-c3ccc(F)cc3)no2)c2c1CCN(C(=O)c1cccnc1Cl)C2. The van der Waals surface area contributed by atoms with Crippen molar-refractivity contribution in [3.63, 3.8) is 0 Å². The molecular weight excluding hydrogens is 423 g/mol. The standard InChI is InChI=1S/C21H16ClFN6O2/c1-28-16-8-10-29(21(30)14-3-2-9-24-18(14)22)11-15(16)17(26-28)20-25-19(27-31-20)12-4-6-13(23)7-5-12/h2-7,9H,8,10-11H2,1H3. The summed E-state index contributed by atoms with van der Waals surface area (Å²) in [4.78, 5) is 23.1. The number of aryl methyl sites for hydroxylation is 1. The number of carbonyl (C=O) groups is 1. The number of nitrogens with zero attached hydrogens (tertiary/aromatic N) is 6. The number of aromatic nitrogens is 5. The Morgan fingerprint density at radius 3 is 2.81 bits per heavy atom. The highest BCUT2D eigenvalue weighted by Gasteiger charge is 2.30. The van der Waals surface area contributed by atoms with Crippen LogP contribution < -0.4 is 0 Å². The molecule has 0 N–H and O–H groups in total. The number of fused-ring (bicyclic) bond motifs is 1. The molecule has 0 spiro atoms. The van der Waals surface area contributed by atoms with Gasteiger partial charge in [0.15, 0.2) is 5.69 Å². The fraction of sp³-hybridized carbons (Fsp3) is 0.190. The third-order valence-electron chi connectivity index (χ3n) is 5.25. The smallest absolute Gasteiger partial charge is 0.279 e. The topological polar surface area (TPSA) is 89.9 Å². The minimum absolute atomic E-state index is 0.172. The molecule has 8 nitrogen and oxygen atoms in total. The molecule has 3 aromatic heterocycles. The fourth-order valence-electron chi connectivity index (χ4n) is 3.69. The van der Waals surface area contributed by atoms with Gasteiger partial charge in [0.05, 0.1) is 12.1 Å². The summed E-state index contributed by atoms with van der Waals surface area (Å²) in [6.07, 6.45) is 2.17. The molecule has 156 valence electrons. The Hall–Kier alpha value is -3.59. The van der Waals surface area contributed by atoms with Gasteiger partial charge in [-0.3, -0.25) is 9.48 Å². The third kappa shape index (κ3) is 3.46. The first-order valence-corrected chi connectivity index (χ1v) is 9.93. The molecule has 1 aliphatic heterocycles. The number of pyridine rings is 1. The molecule has 0 saturated carbocycles. The minimum Gasteiger partial charge on any atom is -0.334 e. The van der Waals surface area contributed by atoms with Crippen LogP contribution in [0.15, 0.2) is 47.1 Å². The van der Waals surface area contributed by atoms with Crippen LogP contribution in [0, 0.1) is 5.82 Å². The van der Waals surface area contributed by atoms with Crippen molar-refractivity contribution >= 4 is 17.5 Å². The number of hydrogen-bond donors (Lipinski definition) is 0. The molecule has 0 saturated heterocycles. The second-order valence-electron chi connectivity index (χ2n) is 7.15. The zero-order chi connectivity index (χ0) is 21.5. The highest BCUT2D eigenvalue weighted by atomic mass is 35.5. The van der Waals surface area contributed by atoms with E-state index in [9.17, 15) is 9.18 Å². The summed E-state index contributed by atoms with van der Waals surface area (Å²) in [6, 6.07) is 9.16. The molecule has 0 unspecified atom stereocenters. The van der Waals surface area contributed by atoms with E-state index in [1.807, 2.05) is 7.05 Å². The third-order valence-corrected chi connectivity index (χ3v) is 5.55. The predicted octanol–water partition coefficient (Wildman–Crippen LogP) is 3.52. The Morgan fingerprint density at radius 1 is 1.23 bits per heavy atom. The summed E-state index contributed by atoms with van der Waals surface area (Å²) >= 11 is 6.11. The number of carbonyl (C=O) groups excluding carboxylic acids is 1. The molecular formula is C21H16ClFN6O2. The van der Waals surface area contributed by atoms with Gasteiger partial charge in [-0.2, -0.15) is 10.1 Å². The Bertz CT molecular complexity index is 1280. The van der Waals surface area contributed by atoms with Gasteiger partial charge in [-0.25, -0.2) is 9.37 Å². The lowest BCUT2D eigenvalue weighted by atomic mass is 10.0. The van der Waals surface area contributed by atoms with Crippen molar-refractivity contribution in [1.82, 2.24) is 29.8 Å². The minimum atomic E-state index is -0.343. The highest BCUT2D eigenvalue weighted by Crippen LogP contribution is 2.31. The van der Waals surface area contributed by atoms with Gasteiger partial charge < -0.3 is 9.42 Å². The van der Waals surface area contributed by atoms with Crippen LogP contribution in [0.4, 0.5) is 4.39 Å². The van der Waals surface area contributed by atoms with E-state index in [2.05, 4.69) is 20.2 Å². The van der Waals surface area contributed by atoms with E-state index in [1.165, 1.54) is 12.1 Å². The van der Waals surface area contributed by atoms with Gasteiger partial charge in [0, 0.05) is 43.0 Å². The first-order valence-electron chi connectivity index (χ1n) is 9.56. The summed E-state index contributed by atoms with van der Waals surface area (Å²) in [6.45, 7) is 0.859. The predicted molar refractivity (Wildman–Crippen MR) is 110 cm³/mol. The number of benzene rings is 1. The van der Waals surface area contributed by atoms with E-state index < -0.39 is 0 Å². The van der Waals surface area contributed by atoms with E-state index in [0.29, 0.717) is 42.2 Å². The van der Waals surface area contributed by atoms with E-state index in [0.717, 1.165) is 11.3 Å². The zero-order valence-electron chi connectivity index (χ0n) is 16.4. The molecule has 0 fully saturated rings. The van der Waals surface area contributed by atoms with Crippen molar-refractivity contribution in [2.75, 3.05) is 6.54 Å². The van der Waals surface area contributed by atoms with Gasteiger partial charge in [-0.05, 0) is 36.4 Å². The molecule has 1 aliphatic rings. The van der Waals surface area contributed by atoms with Gasteiger partial charge in [0.1, 0.15) is 11.0 Å². The molecule has 0 radical (unpaired) electrons. The maximum Gasteiger partial charge on any atom is 0.279 e. The van der Waals surface area contributed by atoms with Gasteiger partial charge >= 0.3 is 0 Å². The second-order valence-corrected chi connectivity index (χ2v) is 7.50. The van der Waals surface area contributed by atoms with Crippen molar-refractivity contribution in [2.24, 2.45) is 7.05 Å². The van der Waals surface area contributed by atoms with Crippen LogP contribution in [0.25, 0.3) is 23.0 Å². The lowest BCUT2D eigenvalue weighted by Gasteiger charge is -2.27. The first-order chi connectivity index (χ1) is 15.0.